The molecule has 0 heterocycles. The van der Waals surface area contributed by atoms with E-state index in [1.807, 2.05) is 13.8 Å². The van der Waals surface area contributed by atoms with E-state index in [1.54, 1.807) is 0 Å². The highest BCUT2D eigenvalue weighted by Gasteiger charge is 2.17. The van der Waals surface area contributed by atoms with Crippen LogP contribution in [0.2, 0.25) is 0 Å². The van der Waals surface area contributed by atoms with Crippen molar-refractivity contribution in [1.29, 1.82) is 0 Å². The summed E-state index contributed by atoms with van der Waals surface area (Å²) in [7, 11) is 0. The Kier molecular flexibility index (Phi) is 7.59. The Balaban J connectivity index is 2.03. The fraction of sp³-hybridized carbons (Fsp3) is 0.867. The van der Waals surface area contributed by atoms with Crippen LogP contribution in [0.1, 0.15) is 52.4 Å². The lowest BCUT2D eigenvalue weighted by Gasteiger charge is -2.15. The summed E-state index contributed by atoms with van der Waals surface area (Å²) < 4.78 is 0. The second-order valence-corrected chi connectivity index (χ2v) is 6.13. The topological polar surface area (TPSA) is 84.2 Å². The molecule has 0 spiro atoms. The zero-order chi connectivity index (χ0) is 15.0. The number of hydrogen-bond acceptors (Lipinski definition) is 3. The predicted molar refractivity (Wildman–Crippen MR) is 80.0 cm³/mol. The van der Waals surface area contributed by atoms with E-state index in [0.29, 0.717) is 6.54 Å². The molecule has 2 amide bonds. The molecule has 1 saturated carbocycles. The standard InChI is InChI=1S/C15H29N3O2/c1-11(2)14(16)15(20)18-10-13(19)17-9-5-8-12-6-3-4-7-12/h11-12,14H,3-10,16H2,1-2H3,(H,17,19)(H,18,20)/t14-/m0/s1. The van der Waals surface area contributed by atoms with E-state index >= 15 is 0 Å². The zero-order valence-corrected chi connectivity index (χ0v) is 12.8. The highest BCUT2D eigenvalue weighted by molar-refractivity contribution is 5.87. The van der Waals surface area contributed by atoms with Crippen LogP contribution in [0.5, 0.6) is 0 Å². The Morgan fingerprint density at radius 3 is 2.45 bits per heavy atom. The van der Waals surface area contributed by atoms with E-state index in [9.17, 15) is 9.59 Å². The van der Waals surface area contributed by atoms with Crippen LogP contribution < -0.4 is 16.4 Å². The van der Waals surface area contributed by atoms with Crippen molar-refractivity contribution in [1.82, 2.24) is 10.6 Å². The van der Waals surface area contributed by atoms with Crippen LogP contribution in [0.4, 0.5) is 0 Å². The number of hydrogen-bond donors (Lipinski definition) is 3. The summed E-state index contributed by atoms with van der Waals surface area (Å²) in [6.45, 7) is 4.48. The van der Waals surface area contributed by atoms with Gasteiger partial charge in [-0.1, -0.05) is 39.5 Å². The molecule has 1 aliphatic rings. The average molecular weight is 283 g/mol. The fourth-order valence-electron chi connectivity index (χ4n) is 2.57. The van der Waals surface area contributed by atoms with Gasteiger partial charge in [0.2, 0.25) is 11.8 Å². The van der Waals surface area contributed by atoms with Crippen molar-refractivity contribution in [3.63, 3.8) is 0 Å². The maximum absolute atomic E-state index is 11.6. The van der Waals surface area contributed by atoms with Gasteiger partial charge in [0, 0.05) is 6.54 Å². The summed E-state index contributed by atoms with van der Waals surface area (Å²) >= 11 is 0. The Morgan fingerprint density at radius 2 is 1.85 bits per heavy atom. The summed E-state index contributed by atoms with van der Waals surface area (Å²) in [6.07, 6.45) is 7.63. The third kappa shape index (κ3) is 6.37. The van der Waals surface area contributed by atoms with Crippen molar-refractivity contribution in [3.8, 4) is 0 Å². The minimum Gasteiger partial charge on any atom is -0.355 e. The first-order chi connectivity index (χ1) is 9.50. The van der Waals surface area contributed by atoms with Crippen LogP contribution in [0.25, 0.3) is 0 Å². The van der Waals surface area contributed by atoms with Gasteiger partial charge in [-0.2, -0.15) is 0 Å². The van der Waals surface area contributed by atoms with E-state index in [2.05, 4.69) is 10.6 Å². The number of carbonyl (C=O) groups excluding carboxylic acids is 2. The van der Waals surface area contributed by atoms with Gasteiger partial charge in [0.05, 0.1) is 12.6 Å². The molecule has 1 fully saturated rings. The van der Waals surface area contributed by atoms with Crippen molar-refractivity contribution in [2.24, 2.45) is 17.6 Å². The van der Waals surface area contributed by atoms with Crippen molar-refractivity contribution >= 4 is 11.8 Å². The van der Waals surface area contributed by atoms with E-state index in [-0.39, 0.29) is 24.3 Å². The molecule has 0 bridgehead atoms. The average Bonchev–Trinajstić information content (AvgIpc) is 2.93. The smallest absolute Gasteiger partial charge is 0.239 e. The molecule has 0 aliphatic heterocycles. The van der Waals surface area contributed by atoms with Gasteiger partial charge in [0.25, 0.3) is 0 Å². The molecule has 1 rings (SSSR count). The molecule has 1 aliphatic carbocycles. The molecule has 5 nitrogen and oxygen atoms in total. The number of nitrogens with two attached hydrogens (primary N) is 1. The van der Waals surface area contributed by atoms with Gasteiger partial charge in [0.1, 0.15) is 0 Å². The maximum atomic E-state index is 11.6. The fourth-order valence-corrected chi connectivity index (χ4v) is 2.57. The first kappa shape index (κ1) is 17.0. The summed E-state index contributed by atoms with van der Waals surface area (Å²) in [5.74, 6) is 0.530. The molecule has 20 heavy (non-hydrogen) atoms. The van der Waals surface area contributed by atoms with Gasteiger partial charge >= 0.3 is 0 Å². The van der Waals surface area contributed by atoms with E-state index in [1.165, 1.54) is 32.1 Å². The monoisotopic (exact) mass is 283 g/mol. The number of nitrogens with one attached hydrogen (secondary N) is 2. The Labute approximate surface area is 122 Å². The van der Waals surface area contributed by atoms with Crippen LogP contribution in [-0.4, -0.2) is 30.9 Å². The van der Waals surface area contributed by atoms with Gasteiger partial charge < -0.3 is 16.4 Å². The third-order valence-electron chi connectivity index (χ3n) is 4.03. The van der Waals surface area contributed by atoms with E-state index < -0.39 is 6.04 Å². The van der Waals surface area contributed by atoms with Gasteiger partial charge in [-0.25, -0.2) is 0 Å². The van der Waals surface area contributed by atoms with Gasteiger partial charge in [-0.3, -0.25) is 9.59 Å². The quantitative estimate of drug-likeness (QED) is 0.585. The first-order valence-electron chi connectivity index (χ1n) is 7.80. The van der Waals surface area contributed by atoms with Gasteiger partial charge in [0.15, 0.2) is 0 Å². The van der Waals surface area contributed by atoms with E-state index in [0.717, 1.165) is 12.3 Å². The molecule has 0 aromatic heterocycles. The van der Waals surface area contributed by atoms with Crippen LogP contribution in [0, 0.1) is 11.8 Å². The molecule has 0 unspecified atom stereocenters. The number of rotatable bonds is 8. The Bertz CT molecular complexity index is 312. The van der Waals surface area contributed by atoms with Crippen molar-refractivity contribution in [3.05, 3.63) is 0 Å². The van der Waals surface area contributed by atoms with Crippen LogP contribution in [-0.2, 0) is 9.59 Å². The van der Waals surface area contributed by atoms with E-state index in [4.69, 9.17) is 5.73 Å². The largest absolute Gasteiger partial charge is 0.355 e. The second kappa shape index (κ2) is 8.95. The van der Waals surface area contributed by atoms with Crippen molar-refractivity contribution in [2.75, 3.05) is 13.1 Å². The third-order valence-corrected chi connectivity index (χ3v) is 4.03. The molecule has 1 atom stereocenters. The molecule has 4 N–H and O–H groups in total. The van der Waals surface area contributed by atoms with Crippen molar-refractivity contribution < 1.29 is 9.59 Å². The van der Waals surface area contributed by atoms with Crippen molar-refractivity contribution in [2.45, 2.75) is 58.4 Å². The number of carbonyl (C=O) groups is 2. The summed E-state index contributed by atoms with van der Waals surface area (Å²) in [4.78, 5) is 23.1. The second-order valence-electron chi connectivity index (χ2n) is 6.13. The SMILES string of the molecule is CC(C)[C@H](N)C(=O)NCC(=O)NCCCC1CCCC1. The normalized spacial score (nSPS) is 17.2. The molecular formula is C15H29N3O2. The molecule has 0 saturated heterocycles. The van der Waals surface area contributed by atoms with Crippen LogP contribution in [0.15, 0.2) is 0 Å². The highest BCUT2D eigenvalue weighted by Crippen LogP contribution is 2.28. The van der Waals surface area contributed by atoms with Gasteiger partial charge in [-0.05, 0) is 24.7 Å². The van der Waals surface area contributed by atoms with Crippen LogP contribution in [0.3, 0.4) is 0 Å². The summed E-state index contributed by atoms with van der Waals surface area (Å²) in [5.41, 5.74) is 5.69. The molecule has 0 aromatic carbocycles. The molecule has 116 valence electrons. The molecule has 0 radical (unpaired) electrons. The van der Waals surface area contributed by atoms with Crippen LogP contribution >= 0.6 is 0 Å². The first-order valence-corrected chi connectivity index (χ1v) is 7.80. The zero-order valence-electron chi connectivity index (χ0n) is 12.8. The maximum Gasteiger partial charge on any atom is 0.239 e. The van der Waals surface area contributed by atoms with Gasteiger partial charge in [-0.15, -0.1) is 0 Å². The lowest BCUT2D eigenvalue weighted by molar-refractivity contribution is -0.127. The summed E-state index contributed by atoms with van der Waals surface area (Å²) in [6, 6.07) is -0.551. The summed E-state index contributed by atoms with van der Waals surface area (Å²) in [5, 5.41) is 5.41. The minimum absolute atomic E-state index is 0.0165. The molecule has 5 heteroatoms. The lowest BCUT2D eigenvalue weighted by Crippen LogP contribution is -2.47. The predicted octanol–water partition coefficient (Wildman–Crippen LogP) is 1.17. The molecule has 0 aromatic rings. The highest BCUT2D eigenvalue weighted by atomic mass is 16.2. The number of amides is 2. The Morgan fingerprint density at radius 1 is 1.20 bits per heavy atom. The lowest BCUT2D eigenvalue weighted by atomic mass is 10.0. The Hall–Kier alpha value is -1.10. The minimum atomic E-state index is -0.551. The molecular weight excluding hydrogens is 254 g/mol.